The first-order valence-electron chi connectivity index (χ1n) is 7.08. The zero-order chi connectivity index (χ0) is 15.5. The molecular weight excluding hydrogens is 346 g/mol. The molecule has 0 fully saturated rings. The summed E-state index contributed by atoms with van der Waals surface area (Å²) in [4.78, 5) is 14.2. The van der Waals surface area contributed by atoms with E-state index in [1.54, 1.807) is 4.90 Å². The minimum absolute atomic E-state index is 0.00267. The van der Waals surface area contributed by atoms with Crippen molar-refractivity contribution in [1.82, 2.24) is 0 Å². The van der Waals surface area contributed by atoms with Crippen molar-refractivity contribution < 1.29 is 14.3 Å². The number of rotatable bonds is 3. The summed E-state index contributed by atoms with van der Waals surface area (Å²) < 4.78 is 12.3. The van der Waals surface area contributed by atoms with Gasteiger partial charge in [-0.3, -0.25) is 4.79 Å². The van der Waals surface area contributed by atoms with Gasteiger partial charge in [0.1, 0.15) is 17.6 Å². The summed E-state index contributed by atoms with van der Waals surface area (Å²) in [6.07, 6.45) is -0.0356. The van der Waals surface area contributed by atoms with Gasteiger partial charge in [0, 0.05) is 4.47 Å². The van der Waals surface area contributed by atoms with Crippen molar-refractivity contribution in [1.29, 1.82) is 0 Å². The average Bonchev–Trinajstić information content (AvgIpc) is 2.53. The maximum atomic E-state index is 12.5. The van der Waals surface area contributed by atoms with Crippen molar-refractivity contribution in [3.63, 3.8) is 0 Å². The highest BCUT2D eigenvalue weighted by Gasteiger charge is 2.27. The van der Waals surface area contributed by atoms with Gasteiger partial charge in [0.05, 0.1) is 12.2 Å². The zero-order valence-corrected chi connectivity index (χ0v) is 13.7. The Hall–Kier alpha value is -2.01. The summed E-state index contributed by atoms with van der Waals surface area (Å²) in [7, 11) is 0. The highest BCUT2D eigenvalue weighted by atomic mass is 79.9. The summed E-state index contributed by atoms with van der Waals surface area (Å²) in [6.45, 7) is 2.48. The molecule has 0 bridgehead atoms. The first-order valence-corrected chi connectivity index (χ1v) is 7.87. The molecule has 2 aromatic rings. The number of halogens is 1. The molecule has 0 saturated carbocycles. The van der Waals surface area contributed by atoms with Gasteiger partial charge in [-0.25, -0.2) is 0 Å². The van der Waals surface area contributed by atoms with Crippen LogP contribution in [0.15, 0.2) is 53.0 Å². The molecule has 3 rings (SSSR count). The average molecular weight is 362 g/mol. The summed E-state index contributed by atoms with van der Waals surface area (Å²) in [5, 5.41) is 0. The van der Waals surface area contributed by atoms with E-state index in [2.05, 4.69) is 15.9 Å². The fraction of sp³-hybridized carbons (Fsp3) is 0.235. The number of anilines is 1. The van der Waals surface area contributed by atoms with E-state index in [0.29, 0.717) is 12.3 Å². The van der Waals surface area contributed by atoms with Gasteiger partial charge in [0.25, 0.3) is 5.91 Å². The highest BCUT2D eigenvalue weighted by molar-refractivity contribution is 9.10. The number of carbonyl (C=O) groups excluding carboxylic acids is 1. The molecule has 0 radical (unpaired) electrons. The summed E-state index contributed by atoms with van der Waals surface area (Å²) in [6, 6.07) is 15.0. The molecule has 1 aliphatic rings. The Kier molecular flexibility index (Phi) is 4.34. The molecule has 1 atom stereocenters. The van der Waals surface area contributed by atoms with Crippen LogP contribution >= 0.6 is 15.9 Å². The number of amides is 1. The molecule has 0 spiro atoms. The smallest absolute Gasteiger partial charge is 0.265 e. The van der Waals surface area contributed by atoms with E-state index in [-0.39, 0.29) is 18.6 Å². The number of hydrogen-bond donors (Lipinski definition) is 0. The SMILES string of the molecule is CC1CN(C(=O)COc2ccc(Br)cc2)c2ccccc2O1. The number of carbonyl (C=O) groups is 1. The topological polar surface area (TPSA) is 38.8 Å². The van der Waals surface area contributed by atoms with Crippen LogP contribution in [0.4, 0.5) is 5.69 Å². The summed E-state index contributed by atoms with van der Waals surface area (Å²) in [5.74, 6) is 1.33. The van der Waals surface area contributed by atoms with E-state index in [1.807, 2.05) is 55.5 Å². The quantitative estimate of drug-likeness (QED) is 0.837. The Morgan fingerprint density at radius 2 is 2.00 bits per heavy atom. The molecule has 1 heterocycles. The lowest BCUT2D eigenvalue weighted by Crippen LogP contribution is -2.44. The molecule has 1 amide bonds. The molecule has 1 aliphatic heterocycles. The molecule has 0 aromatic heterocycles. The van der Waals surface area contributed by atoms with Crippen LogP contribution in [-0.4, -0.2) is 25.2 Å². The van der Waals surface area contributed by atoms with Crippen LogP contribution in [0, 0.1) is 0 Å². The third kappa shape index (κ3) is 3.25. The van der Waals surface area contributed by atoms with Crippen molar-refractivity contribution in [2.45, 2.75) is 13.0 Å². The van der Waals surface area contributed by atoms with Crippen LogP contribution in [0.25, 0.3) is 0 Å². The predicted octanol–water partition coefficient (Wildman–Crippen LogP) is 3.64. The fourth-order valence-corrected chi connectivity index (χ4v) is 2.64. The lowest BCUT2D eigenvalue weighted by atomic mass is 10.2. The third-order valence-corrected chi connectivity index (χ3v) is 3.93. The van der Waals surface area contributed by atoms with Gasteiger partial charge in [0.15, 0.2) is 6.61 Å². The summed E-state index contributed by atoms with van der Waals surface area (Å²) in [5.41, 5.74) is 0.796. The molecular formula is C17H16BrNO3. The zero-order valence-electron chi connectivity index (χ0n) is 12.2. The first kappa shape index (κ1) is 14.9. The maximum absolute atomic E-state index is 12.5. The second-order valence-electron chi connectivity index (χ2n) is 5.14. The monoisotopic (exact) mass is 361 g/mol. The minimum Gasteiger partial charge on any atom is -0.487 e. The van der Waals surface area contributed by atoms with E-state index >= 15 is 0 Å². The Morgan fingerprint density at radius 1 is 1.27 bits per heavy atom. The number of nitrogens with zero attached hydrogens (tertiary/aromatic N) is 1. The fourth-order valence-electron chi connectivity index (χ4n) is 2.38. The maximum Gasteiger partial charge on any atom is 0.265 e. The van der Waals surface area contributed by atoms with Crippen molar-refractivity contribution in [2.24, 2.45) is 0 Å². The largest absolute Gasteiger partial charge is 0.487 e. The Bertz CT molecular complexity index is 672. The van der Waals surface area contributed by atoms with Crippen molar-refractivity contribution >= 4 is 27.5 Å². The van der Waals surface area contributed by atoms with Gasteiger partial charge in [-0.05, 0) is 43.3 Å². The van der Waals surface area contributed by atoms with Gasteiger partial charge in [0.2, 0.25) is 0 Å². The number of hydrogen-bond acceptors (Lipinski definition) is 3. The molecule has 2 aromatic carbocycles. The number of benzene rings is 2. The Labute approximate surface area is 137 Å². The van der Waals surface area contributed by atoms with Gasteiger partial charge in [-0.1, -0.05) is 28.1 Å². The van der Waals surface area contributed by atoms with E-state index in [9.17, 15) is 4.79 Å². The van der Waals surface area contributed by atoms with Crippen LogP contribution in [0.1, 0.15) is 6.92 Å². The first-order chi connectivity index (χ1) is 10.6. The van der Waals surface area contributed by atoms with E-state index < -0.39 is 0 Å². The van der Waals surface area contributed by atoms with Gasteiger partial charge in [-0.15, -0.1) is 0 Å². The molecule has 114 valence electrons. The second-order valence-corrected chi connectivity index (χ2v) is 6.06. The Morgan fingerprint density at radius 3 is 2.77 bits per heavy atom. The van der Waals surface area contributed by atoms with Crippen LogP contribution in [-0.2, 0) is 4.79 Å². The van der Waals surface area contributed by atoms with Crippen LogP contribution in [0.3, 0.4) is 0 Å². The van der Waals surface area contributed by atoms with Gasteiger partial charge >= 0.3 is 0 Å². The molecule has 0 saturated heterocycles. The van der Waals surface area contributed by atoms with E-state index in [4.69, 9.17) is 9.47 Å². The number of ether oxygens (including phenoxy) is 2. The standard InChI is InChI=1S/C17H16BrNO3/c1-12-10-19(15-4-2-3-5-16(15)22-12)17(20)11-21-14-8-6-13(18)7-9-14/h2-9,12H,10-11H2,1H3. The predicted molar refractivity (Wildman–Crippen MR) is 88.5 cm³/mol. The normalized spacial score (nSPS) is 16.6. The molecule has 1 unspecified atom stereocenters. The van der Waals surface area contributed by atoms with E-state index in [1.165, 1.54) is 0 Å². The lowest BCUT2D eigenvalue weighted by Gasteiger charge is -2.33. The lowest BCUT2D eigenvalue weighted by molar-refractivity contribution is -0.121. The van der Waals surface area contributed by atoms with Crippen LogP contribution < -0.4 is 14.4 Å². The van der Waals surface area contributed by atoms with Crippen molar-refractivity contribution in [3.8, 4) is 11.5 Å². The molecule has 4 nitrogen and oxygen atoms in total. The van der Waals surface area contributed by atoms with Gasteiger partial charge < -0.3 is 14.4 Å². The van der Waals surface area contributed by atoms with E-state index in [0.717, 1.165) is 15.9 Å². The molecule has 0 aliphatic carbocycles. The minimum atomic E-state index is -0.0782. The van der Waals surface area contributed by atoms with Gasteiger partial charge in [-0.2, -0.15) is 0 Å². The third-order valence-electron chi connectivity index (χ3n) is 3.40. The number of para-hydroxylation sites is 2. The molecule has 22 heavy (non-hydrogen) atoms. The highest BCUT2D eigenvalue weighted by Crippen LogP contribution is 2.33. The van der Waals surface area contributed by atoms with Crippen LogP contribution in [0.5, 0.6) is 11.5 Å². The van der Waals surface area contributed by atoms with Crippen molar-refractivity contribution in [3.05, 3.63) is 53.0 Å². The number of fused-ring (bicyclic) bond motifs is 1. The van der Waals surface area contributed by atoms with Crippen LogP contribution in [0.2, 0.25) is 0 Å². The summed E-state index contributed by atoms with van der Waals surface area (Å²) >= 11 is 3.37. The molecule has 0 N–H and O–H groups in total. The Balaban J connectivity index is 1.71. The molecule has 5 heteroatoms. The van der Waals surface area contributed by atoms with Crippen molar-refractivity contribution in [2.75, 3.05) is 18.1 Å². The second kappa shape index (κ2) is 6.40.